The average molecular weight is 471 g/mol. The monoisotopic (exact) mass is 471 g/mol. The lowest BCUT2D eigenvalue weighted by Crippen LogP contribution is -2.24. The summed E-state index contributed by atoms with van der Waals surface area (Å²) in [6, 6.07) is 16.0. The number of halogens is 1. The van der Waals surface area contributed by atoms with E-state index >= 15 is 0 Å². The number of carbonyl (C=O) groups is 1. The molecule has 0 saturated heterocycles. The summed E-state index contributed by atoms with van der Waals surface area (Å²) in [4.78, 5) is 26.3. The normalized spacial score (nSPS) is 12.4. The maximum Gasteiger partial charge on any atom is 0.267 e. The van der Waals surface area contributed by atoms with Gasteiger partial charge in [0.05, 0.1) is 16.6 Å². The second-order valence-corrected chi connectivity index (χ2v) is 8.11. The molecule has 0 unspecified atom stereocenters. The number of carbonyl (C=O) groups excluding carboxylic acids is 1. The fraction of sp³-hybridized carbons (Fsp3) is 0.120. The molecule has 174 valence electrons. The van der Waals surface area contributed by atoms with Crippen molar-refractivity contribution < 1.29 is 18.7 Å². The Hall–Kier alpha value is -4.73. The highest BCUT2D eigenvalue weighted by Gasteiger charge is 2.19. The molecule has 0 saturated carbocycles. The van der Waals surface area contributed by atoms with Crippen molar-refractivity contribution in [3.8, 4) is 17.2 Å². The smallest absolute Gasteiger partial charge is 0.267 e. The van der Waals surface area contributed by atoms with Crippen LogP contribution in [0.4, 0.5) is 4.39 Å². The number of aryl methyl sites for hydroxylation is 1. The van der Waals surface area contributed by atoms with Gasteiger partial charge in [0.15, 0.2) is 11.5 Å². The number of nitrogens with zero attached hydrogens (tertiary/aromatic N) is 4. The Bertz CT molecular complexity index is 1710. The predicted molar refractivity (Wildman–Crippen MR) is 125 cm³/mol. The topological polar surface area (TPSA) is 99.8 Å². The SMILES string of the molecule is Cc1nnc2n(-c3cccc(F)c3)c(=O)c3ccc(C(=O)NCc4ccc5c(c4)OCO5)cc3n12. The van der Waals surface area contributed by atoms with Crippen molar-refractivity contribution in [2.24, 2.45) is 0 Å². The van der Waals surface area contributed by atoms with Crippen molar-refractivity contribution in [3.05, 3.63) is 93.8 Å². The van der Waals surface area contributed by atoms with Crippen LogP contribution in [0.25, 0.3) is 22.4 Å². The Kier molecular flexibility index (Phi) is 4.73. The summed E-state index contributed by atoms with van der Waals surface area (Å²) in [6.07, 6.45) is 0. The summed E-state index contributed by atoms with van der Waals surface area (Å²) in [6.45, 7) is 2.21. The summed E-state index contributed by atoms with van der Waals surface area (Å²) >= 11 is 0. The molecular weight excluding hydrogens is 453 g/mol. The molecule has 0 atom stereocenters. The van der Waals surface area contributed by atoms with Crippen molar-refractivity contribution in [1.29, 1.82) is 0 Å². The molecule has 10 heteroatoms. The maximum atomic E-state index is 13.9. The summed E-state index contributed by atoms with van der Waals surface area (Å²) in [5.41, 5.74) is 1.66. The van der Waals surface area contributed by atoms with Gasteiger partial charge >= 0.3 is 0 Å². The van der Waals surface area contributed by atoms with Gasteiger partial charge < -0.3 is 14.8 Å². The highest BCUT2D eigenvalue weighted by Crippen LogP contribution is 2.32. The first kappa shape index (κ1) is 20.8. The van der Waals surface area contributed by atoms with Crippen LogP contribution in [-0.2, 0) is 6.54 Å². The van der Waals surface area contributed by atoms with Gasteiger partial charge in [-0.3, -0.25) is 14.0 Å². The molecule has 1 N–H and O–H groups in total. The zero-order valence-electron chi connectivity index (χ0n) is 18.5. The van der Waals surface area contributed by atoms with E-state index in [9.17, 15) is 14.0 Å². The van der Waals surface area contributed by atoms with Crippen molar-refractivity contribution in [2.45, 2.75) is 13.5 Å². The van der Waals surface area contributed by atoms with E-state index in [1.807, 2.05) is 12.1 Å². The Balaban J connectivity index is 1.39. The molecule has 1 aliphatic rings. The summed E-state index contributed by atoms with van der Waals surface area (Å²) in [5, 5.41) is 11.5. The van der Waals surface area contributed by atoms with Gasteiger partial charge in [0, 0.05) is 12.1 Å². The maximum absolute atomic E-state index is 13.9. The third-order valence-corrected chi connectivity index (χ3v) is 5.90. The van der Waals surface area contributed by atoms with Crippen LogP contribution < -0.4 is 20.3 Å². The number of benzene rings is 3. The van der Waals surface area contributed by atoms with Gasteiger partial charge in [-0.1, -0.05) is 12.1 Å². The molecule has 2 aromatic heterocycles. The van der Waals surface area contributed by atoms with Crippen molar-refractivity contribution in [1.82, 2.24) is 24.5 Å². The highest BCUT2D eigenvalue weighted by atomic mass is 19.1. The number of hydrogen-bond acceptors (Lipinski definition) is 6. The third-order valence-electron chi connectivity index (χ3n) is 5.90. The Morgan fingerprint density at radius 3 is 2.77 bits per heavy atom. The van der Waals surface area contributed by atoms with Gasteiger partial charge in [-0.15, -0.1) is 10.2 Å². The fourth-order valence-corrected chi connectivity index (χ4v) is 4.21. The van der Waals surface area contributed by atoms with E-state index in [0.717, 1.165) is 5.56 Å². The standard InChI is InChI=1S/C25H18FN5O4/c1-14-28-29-25-30(14)20-10-16(23(32)27-12-15-5-8-21-22(9-15)35-13-34-21)6-7-19(20)24(33)31(25)18-4-2-3-17(26)11-18/h2-11H,12-13H2,1H3,(H,27,32). The molecule has 3 aromatic carbocycles. The Morgan fingerprint density at radius 2 is 1.91 bits per heavy atom. The Morgan fingerprint density at radius 1 is 1.06 bits per heavy atom. The largest absolute Gasteiger partial charge is 0.454 e. The van der Waals surface area contributed by atoms with Crippen LogP contribution in [0.5, 0.6) is 11.5 Å². The van der Waals surface area contributed by atoms with Gasteiger partial charge in [-0.25, -0.2) is 8.96 Å². The number of ether oxygens (including phenoxy) is 2. The molecule has 9 nitrogen and oxygen atoms in total. The number of amides is 1. The van der Waals surface area contributed by atoms with Gasteiger partial charge in [-0.05, 0) is 61.0 Å². The number of fused-ring (bicyclic) bond motifs is 4. The van der Waals surface area contributed by atoms with Gasteiger partial charge in [0.2, 0.25) is 12.6 Å². The third kappa shape index (κ3) is 3.46. The van der Waals surface area contributed by atoms with E-state index in [1.54, 1.807) is 41.7 Å². The summed E-state index contributed by atoms with van der Waals surface area (Å²) < 4.78 is 27.6. The first-order valence-corrected chi connectivity index (χ1v) is 10.8. The lowest BCUT2D eigenvalue weighted by Gasteiger charge is -2.12. The number of rotatable bonds is 4. The predicted octanol–water partition coefficient (Wildman–Crippen LogP) is 3.14. The molecule has 6 rings (SSSR count). The van der Waals surface area contributed by atoms with E-state index < -0.39 is 11.4 Å². The average Bonchev–Trinajstić information content (AvgIpc) is 3.48. The van der Waals surface area contributed by atoms with Crippen LogP contribution in [0.1, 0.15) is 21.7 Å². The van der Waals surface area contributed by atoms with Crippen molar-refractivity contribution in [2.75, 3.05) is 6.79 Å². The minimum absolute atomic E-state index is 0.181. The minimum atomic E-state index is -0.474. The number of nitrogens with one attached hydrogen (secondary N) is 1. The second-order valence-electron chi connectivity index (χ2n) is 8.11. The molecule has 1 aliphatic heterocycles. The zero-order chi connectivity index (χ0) is 24.1. The first-order valence-electron chi connectivity index (χ1n) is 10.8. The lowest BCUT2D eigenvalue weighted by atomic mass is 10.1. The minimum Gasteiger partial charge on any atom is -0.454 e. The van der Waals surface area contributed by atoms with Crippen LogP contribution in [0.2, 0.25) is 0 Å². The molecule has 0 radical (unpaired) electrons. The molecule has 5 aromatic rings. The fourth-order valence-electron chi connectivity index (χ4n) is 4.21. The van der Waals surface area contributed by atoms with Crippen LogP contribution in [0, 0.1) is 12.7 Å². The van der Waals surface area contributed by atoms with Crippen LogP contribution in [-0.4, -0.2) is 31.9 Å². The second kappa shape index (κ2) is 7.94. The van der Waals surface area contributed by atoms with Gasteiger partial charge in [0.25, 0.3) is 11.5 Å². The van der Waals surface area contributed by atoms with Gasteiger partial charge in [0.1, 0.15) is 11.6 Å². The highest BCUT2D eigenvalue weighted by molar-refractivity contribution is 5.98. The summed E-state index contributed by atoms with van der Waals surface area (Å²) in [5.74, 6) is 1.28. The van der Waals surface area contributed by atoms with Crippen LogP contribution >= 0.6 is 0 Å². The number of hydrogen-bond donors (Lipinski definition) is 1. The van der Waals surface area contributed by atoms with Crippen LogP contribution in [0.3, 0.4) is 0 Å². The molecule has 0 fully saturated rings. The van der Waals surface area contributed by atoms with E-state index in [1.165, 1.54) is 22.8 Å². The lowest BCUT2D eigenvalue weighted by molar-refractivity contribution is 0.0951. The van der Waals surface area contributed by atoms with Crippen LogP contribution in [0.15, 0.2) is 65.5 Å². The first-order chi connectivity index (χ1) is 17.0. The summed E-state index contributed by atoms with van der Waals surface area (Å²) in [7, 11) is 0. The molecule has 3 heterocycles. The Labute approximate surface area is 197 Å². The quantitative estimate of drug-likeness (QED) is 0.432. The molecule has 1 amide bonds. The van der Waals surface area contributed by atoms with E-state index in [2.05, 4.69) is 15.5 Å². The van der Waals surface area contributed by atoms with E-state index in [4.69, 9.17) is 9.47 Å². The van der Waals surface area contributed by atoms with E-state index in [0.29, 0.717) is 39.5 Å². The molecule has 0 spiro atoms. The van der Waals surface area contributed by atoms with Crippen molar-refractivity contribution >= 4 is 22.6 Å². The van der Waals surface area contributed by atoms with E-state index in [-0.39, 0.29) is 25.0 Å². The zero-order valence-corrected chi connectivity index (χ0v) is 18.5. The molecule has 0 aliphatic carbocycles. The number of aromatic nitrogens is 4. The molecular formula is C25H18FN5O4. The molecule has 35 heavy (non-hydrogen) atoms. The van der Waals surface area contributed by atoms with Crippen molar-refractivity contribution in [3.63, 3.8) is 0 Å². The molecule has 0 bridgehead atoms. The van der Waals surface area contributed by atoms with Gasteiger partial charge in [-0.2, -0.15) is 0 Å².